The van der Waals surface area contributed by atoms with Gasteiger partial charge in [-0.1, -0.05) is 5.92 Å². The number of ether oxygens (including phenoxy) is 1. The lowest BCUT2D eigenvalue weighted by atomic mass is 10.3. The molecule has 0 radical (unpaired) electrons. The van der Waals surface area contributed by atoms with Crippen LogP contribution in [0.5, 0.6) is 5.75 Å². The van der Waals surface area contributed by atoms with Crippen LogP contribution in [0.2, 0.25) is 0 Å². The number of carbonyl (C=O) groups excluding carboxylic acids is 1. The van der Waals surface area contributed by atoms with Gasteiger partial charge < -0.3 is 20.1 Å². The van der Waals surface area contributed by atoms with Gasteiger partial charge in [0.2, 0.25) is 0 Å². The summed E-state index contributed by atoms with van der Waals surface area (Å²) >= 11 is 0. The molecule has 0 aliphatic rings. The molecule has 1 rings (SSSR count). The van der Waals surface area contributed by atoms with E-state index in [1.165, 1.54) is 12.1 Å². The number of aliphatic hydroxyl groups excluding tert-OH is 1. The number of rotatable bonds is 5. The van der Waals surface area contributed by atoms with Crippen molar-refractivity contribution in [3.63, 3.8) is 0 Å². The molecule has 0 fully saturated rings. The maximum atomic E-state index is 12.2. The van der Waals surface area contributed by atoms with Gasteiger partial charge in [0, 0.05) is 12.7 Å². The summed E-state index contributed by atoms with van der Waals surface area (Å²) in [5.41, 5.74) is 0.367. The lowest BCUT2D eigenvalue weighted by Gasteiger charge is -2.22. The summed E-state index contributed by atoms with van der Waals surface area (Å²) in [4.78, 5) is 12.4. The summed E-state index contributed by atoms with van der Waals surface area (Å²) in [6.07, 6.45) is -2.33. The number of anilines is 1. The van der Waals surface area contributed by atoms with Crippen LogP contribution in [0.25, 0.3) is 0 Å². The van der Waals surface area contributed by atoms with Crippen molar-refractivity contribution in [2.24, 2.45) is 0 Å². The molecular weight excluding hydrogens is 301 g/mol. The van der Waals surface area contributed by atoms with Gasteiger partial charge in [-0.05, 0) is 24.3 Å². The topological polar surface area (TPSA) is 61.8 Å². The molecule has 0 aliphatic carbocycles. The third-order valence-corrected chi connectivity index (χ3v) is 2.60. The van der Waals surface area contributed by atoms with Gasteiger partial charge in [0.1, 0.15) is 12.4 Å². The number of hydrogen-bond acceptors (Lipinski definition) is 3. The summed E-state index contributed by atoms with van der Waals surface area (Å²) in [6, 6.07) is 5.35. The monoisotopic (exact) mass is 316 g/mol. The first-order chi connectivity index (χ1) is 10.2. The third-order valence-electron chi connectivity index (χ3n) is 2.60. The summed E-state index contributed by atoms with van der Waals surface area (Å²) < 4.78 is 41.8. The van der Waals surface area contributed by atoms with Crippen molar-refractivity contribution in [3.8, 4) is 18.1 Å². The van der Waals surface area contributed by atoms with Crippen LogP contribution in [-0.4, -0.2) is 48.5 Å². The first-order valence-corrected chi connectivity index (χ1v) is 6.17. The van der Waals surface area contributed by atoms with E-state index in [9.17, 15) is 18.0 Å². The van der Waals surface area contributed by atoms with Crippen LogP contribution >= 0.6 is 0 Å². The van der Waals surface area contributed by atoms with Gasteiger partial charge in [0.25, 0.3) is 0 Å². The number of terminal acetylenes is 1. The number of halogens is 3. The molecule has 2 N–H and O–H groups in total. The number of benzene rings is 1. The largest absolute Gasteiger partial charge is 0.481 e. The van der Waals surface area contributed by atoms with E-state index in [4.69, 9.17) is 16.3 Å². The summed E-state index contributed by atoms with van der Waals surface area (Å²) in [6.45, 7) is -0.761. The number of alkyl halides is 3. The van der Waals surface area contributed by atoms with E-state index in [0.29, 0.717) is 11.4 Å². The van der Waals surface area contributed by atoms with Crippen LogP contribution in [0, 0.1) is 12.3 Å². The van der Waals surface area contributed by atoms with E-state index >= 15 is 0 Å². The molecule has 2 amide bonds. The highest BCUT2D eigenvalue weighted by Crippen LogP contribution is 2.21. The average molecular weight is 316 g/mol. The second-order valence-electron chi connectivity index (χ2n) is 4.39. The molecule has 0 aliphatic heterocycles. The van der Waals surface area contributed by atoms with Crippen molar-refractivity contribution in [2.45, 2.75) is 12.3 Å². The van der Waals surface area contributed by atoms with Crippen molar-refractivity contribution in [1.29, 1.82) is 0 Å². The fraction of sp³-hybridized carbons (Fsp3) is 0.357. The number of carbonyl (C=O) groups is 1. The van der Waals surface area contributed by atoms with Crippen molar-refractivity contribution in [1.82, 2.24) is 4.90 Å². The van der Waals surface area contributed by atoms with E-state index in [1.807, 2.05) is 0 Å². The molecule has 0 bridgehead atoms. The van der Waals surface area contributed by atoms with Gasteiger partial charge in [-0.25, -0.2) is 4.79 Å². The fourth-order valence-electron chi connectivity index (χ4n) is 1.42. The summed E-state index contributed by atoms with van der Waals surface area (Å²) in [7, 11) is 1.15. The molecule has 1 aromatic rings. The van der Waals surface area contributed by atoms with Crippen molar-refractivity contribution in [3.05, 3.63) is 24.3 Å². The van der Waals surface area contributed by atoms with Gasteiger partial charge in [-0.2, -0.15) is 13.2 Å². The van der Waals surface area contributed by atoms with E-state index in [-0.39, 0.29) is 6.61 Å². The SMILES string of the molecule is C#CCOc1ccc(NC(=O)N(C)C[C@H](O)C(F)(F)F)cc1. The molecular formula is C14H15F3N2O3. The molecule has 120 valence electrons. The zero-order valence-corrected chi connectivity index (χ0v) is 11.7. The quantitative estimate of drug-likeness (QED) is 0.818. The lowest BCUT2D eigenvalue weighted by Crippen LogP contribution is -2.43. The second-order valence-corrected chi connectivity index (χ2v) is 4.39. The molecule has 1 atom stereocenters. The number of nitrogens with one attached hydrogen (secondary N) is 1. The molecule has 1 aromatic carbocycles. The van der Waals surface area contributed by atoms with Crippen LogP contribution in [0.3, 0.4) is 0 Å². The van der Waals surface area contributed by atoms with Gasteiger partial charge in [0.05, 0.1) is 6.54 Å². The van der Waals surface area contributed by atoms with E-state index in [1.54, 1.807) is 12.1 Å². The van der Waals surface area contributed by atoms with E-state index in [0.717, 1.165) is 11.9 Å². The Labute approximate surface area is 125 Å². The van der Waals surface area contributed by atoms with Crippen LogP contribution < -0.4 is 10.1 Å². The van der Waals surface area contributed by atoms with Gasteiger partial charge in [-0.15, -0.1) is 6.42 Å². The Balaban J connectivity index is 2.55. The first-order valence-electron chi connectivity index (χ1n) is 6.17. The molecule has 0 unspecified atom stereocenters. The van der Waals surface area contributed by atoms with Crippen LogP contribution in [0.4, 0.5) is 23.7 Å². The standard InChI is InChI=1S/C14H15F3N2O3/c1-3-8-22-11-6-4-10(5-7-11)18-13(21)19(2)9-12(20)14(15,16)17/h1,4-7,12,20H,8-9H2,2H3,(H,18,21)/t12-/m0/s1. The highest BCUT2D eigenvalue weighted by molar-refractivity contribution is 5.89. The van der Waals surface area contributed by atoms with Crippen molar-refractivity contribution in [2.75, 3.05) is 25.5 Å². The van der Waals surface area contributed by atoms with Crippen molar-refractivity contribution < 1.29 is 27.8 Å². The zero-order chi connectivity index (χ0) is 16.8. The zero-order valence-electron chi connectivity index (χ0n) is 11.7. The number of nitrogens with zero attached hydrogens (tertiary/aromatic N) is 1. The first kappa shape index (κ1) is 17.7. The van der Waals surface area contributed by atoms with E-state index in [2.05, 4.69) is 11.2 Å². The normalized spacial score (nSPS) is 12.2. The number of likely N-dealkylation sites (N-methyl/N-ethyl adjacent to an activating group) is 1. The molecule has 5 nitrogen and oxygen atoms in total. The molecule has 0 heterocycles. The Hall–Kier alpha value is -2.40. The summed E-state index contributed by atoms with van der Waals surface area (Å²) in [5, 5.41) is 11.3. The molecule has 0 saturated heterocycles. The predicted octanol–water partition coefficient (Wildman–Crippen LogP) is 2.09. The minimum Gasteiger partial charge on any atom is -0.481 e. The number of urea groups is 1. The summed E-state index contributed by atoms with van der Waals surface area (Å²) in [5.74, 6) is 2.79. The Kier molecular flexibility index (Phi) is 6.07. The number of hydrogen-bond donors (Lipinski definition) is 2. The lowest BCUT2D eigenvalue weighted by molar-refractivity contribution is -0.205. The smallest absolute Gasteiger partial charge is 0.416 e. The van der Waals surface area contributed by atoms with Gasteiger partial charge >= 0.3 is 12.2 Å². The van der Waals surface area contributed by atoms with Gasteiger partial charge in [0.15, 0.2) is 6.10 Å². The van der Waals surface area contributed by atoms with Crippen LogP contribution in [0.1, 0.15) is 0 Å². The minimum absolute atomic E-state index is 0.101. The van der Waals surface area contributed by atoms with Crippen LogP contribution in [0.15, 0.2) is 24.3 Å². The molecule has 8 heteroatoms. The Bertz CT molecular complexity index is 538. The Morgan fingerprint density at radius 3 is 2.55 bits per heavy atom. The molecule has 22 heavy (non-hydrogen) atoms. The fourth-order valence-corrected chi connectivity index (χ4v) is 1.42. The second kappa shape index (κ2) is 7.56. The molecule has 0 saturated carbocycles. The Morgan fingerprint density at radius 2 is 2.05 bits per heavy atom. The predicted molar refractivity (Wildman–Crippen MR) is 74.5 cm³/mol. The third kappa shape index (κ3) is 5.54. The average Bonchev–Trinajstić information content (AvgIpc) is 2.45. The van der Waals surface area contributed by atoms with Crippen molar-refractivity contribution >= 4 is 11.7 Å². The molecule has 0 aromatic heterocycles. The highest BCUT2D eigenvalue weighted by Gasteiger charge is 2.39. The maximum absolute atomic E-state index is 12.2. The minimum atomic E-state index is -4.77. The van der Waals surface area contributed by atoms with Gasteiger partial charge in [-0.3, -0.25) is 0 Å². The van der Waals surface area contributed by atoms with E-state index < -0.39 is 24.9 Å². The highest BCUT2D eigenvalue weighted by atomic mass is 19.4. The maximum Gasteiger partial charge on any atom is 0.416 e. The number of amides is 2. The van der Waals surface area contributed by atoms with Crippen LogP contribution in [-0.2, 0) is 0 Å². The number of aliphatic hydroxyl groups is 1. The Morgan fingerprint density at radius 1 is 1.45 bits per heavy atom. The molecule has 0 spiro atoms.